The summed E-state index contributed by atoms with van der Waals surface area (Å²) in [6, 6.07) is 0. The number of hydrogen-bond donors (Lipinski definition) is 1. The average molecular weight is 202 g/mol. The summed E-state index contributed by atoms with van der Waals surface area (Å²) in [7, 11) is 0. The van der Waals surface area contributed by atoms with Gasteiger partial charge < -0.3 is 5.73 Å². The third-order valence-corrected chi connectivity index (χ3v) is 2.73. The lowest BCUT2D eigenvalue weighted by Gasteiger charge is -2.09. The Balaban J connectivity index is 2.83. The highest BCUT2D eigenvalue weighted by Gasteiger charge is 2.10. The van der Waals surface area contributed by atoms with Crippen LogP contribution in [0, 0.1) is 19.8 Å². The maximum Gasteiger partial charge on any atom is 0.0844 e. The lowest BCUT2D eigenvalue weighted by atomic mass is 10.2. The molecular formula is C9H16ClN3. The molecule has 1 aromatic rings. The van der Waals surface area contributed by atoms with Crippen molar-refractivity contribution in [2.24, 2.45) is 11.7 Å². The molecule has 0 aliphatic rings. The molecule has 1 rings (SSSR count). The van der Waals surface area contributed by atoms with E-state index in [0.29, 0.717) is 12.5 Å². The predicted molar refractivity (Wildman–Crippen MR) is 54.9 cm³/mol. The molecule has 0 aliphatic carbocycles. The summed E-state index contributed by atoms with van der Waals surface area (Å²) in [5.41, 5.74) is 7.46. The fraction of sp³-hybridized carbons (Fsp3) is 0.667. The quantitative estimate of drug-likeness (QED) is 0.810. The van der Waals surface area contributed by atoms with E-state index in [1.165, 1.54) is 0 Å². The maximum atomic E-state index is 6.01. The Bertz CT molecular complexity index is 293. The fourth-order valence-electron chi connectivity index (χ4n) is 1.22. The highest BCUT2D eigenvalue weighted by atomic mass is 35.5. The number of halogens is 1. The average Bonchev–Trinajstić information content (AvgIpc) is 2.34. The van der Waals surface area contributed by atoms with Crippen molar-refractivity contribution in [3.63, 3.8) is 0 Å². The monoisotopic (exact) mass is 201 g/mol. The second-order valence-electron chi connectivity index (χ2n) is 3.51. The first-order valence-corrected chi connectivity index (χ1v) is 4.83. The van der Waals surface area contributed by atoms with Gasteiger partial charge in [0, 0.05) is 6.54 Å². The van der Waals surface area contributed by atoms with Gasteiger partial charge in [-0.25, -0.2) is 0 Å². The molecule has 4 heteroatoms. The van der Waals surface area contributed by atoms with Gasteiger partial charge in [-0.1, -0.05) is 18.5 Å². The normalized spacial score (nSPS) is 13.3. The van der Waals surface area contributed by atoms with Crippen LogP contribution in [-0.4, -0.2) is 16.3 Å². The van der Waals surface area contributed by atoms with Crippen LogP contribution in [0.15, 0.2) is 0 Å². The smallest absolute Gasteiger partial charge is 0.0844 e. The molecule has 0 spiro atoms. The topological polar surface area (TPSA) is 43.8 Å². The Morgan fingerprint density at radius 1 is 1.54 bits per heavy atom. The third-order valence-electron chi connectivity index (χ3n) is 2.18. The Labute approximate surface area is 83.9 Å². The van der Waals surface area contributed by atoms with Crippen molar-refractivity contribution in [1.82, 2.24) is 9.78 Å². The van der Waals surface area contributed by atoms with Crippen molar-refractivity contribution in [1.29, 1.82) is 0 Å². The molecule has 1 heterocycles. The van der Waals surface area contributed by atoms with E-state index in [9.17, 15) is 0 Å². The standard InChI is InChI=1S/C9H16ClN3/c1-6(4-11)5-13-8(3)9(10)7(2)12-13/h6H,4-5,11H2,1-3H3. The van der Waals surface area contributed by atoms with Gasteiger partial charge in [-0.2, -0.15) is 5.10 Å². The second-order valence-corrected chi connectivity index (χ2v) is 3.89. The van der Waals surface area contributed by atoms with Gasteiger partial charge in [0.15, 0.2) is 0 Å². The number of nitrogens with two attached hydrogens (primary N) is 1. The molecule has 74 valence electrons. The molecule has 2 N–H and O–H groups in total. The van der Waals surface area contributed by atoms with Crippen LogP contribution in [0.25, 0.3) is 0 Å². The number of aromatic nitrogens is 2. The molecule has 1 unspecified atom stereocenters. The summed E-state index contributed by atoms with van der Waals surface area (Å²) in [5, 5.41) is 5.09. The highest BCUT2D eigenvalue weighted by Crippen LogP contribution is 2.19. The summed E-state index contributed by atoms with van der Waals surface area (Å²) in [5.74, 6) is 0.439. The molecule has 0 aliphatic heterocycles. The van der Waals surface area contributed by atoms with Crippen LogP contribution in [0.4, 0.5) is 0 Å². The highest BCUT2D eigenvalue weighted by molar-refractivity contribution is 6.31. The van der Waals surface area contributed by atoms with Gasteiger partial charge in [0.1, 0.15) is 0 Å². The van der Waals surface area contributed by atoms with Gasteiger partial charge in [0.25, 0.3) is 0 Å². The molecule has 0 aromatic carbocycles. The van der Waals surface area contributed by atoms with E-state index >= 15 is 0 Å². The number of hydrogen-bond acceptors (Lipinski definition) is 2. The van der Waals surface area contributed by atoms with Crippen molar-refractivity contribution in [2.75, 3.05) is 6.54 Å². The van der Waals surface area contributed by atoms with E-state index in [2.05, 4.69) is 12.0 Å². The summed E-state index contributed by atoms with van der Waals surface area (Å²) >= 11 is 6.01. The first-order chi connectivity index (χ1) is 6.06. The van der Waals surface area contributed by atoms with E-state index in [0.717, 1.165) is 23.0 Å². The summed E-state index contributed by atoms with van der Waals surface area (Å²) < 4.78 is 1.93. The van der Waals surface area contributed by atoms with Gasteiger partial charge in [-0.05, 0) is 26.3 Å². The van der Waals surface area contributed by atoms with E-state index in [-0.39, 0.29) is 0 Å². The van der Waals surface area contributed by atoms with Crippen LogP contribution in [0.1, 0.15) is 18.3 Å². The fourth-order valence-corrected chi connectivity index (χ4v) is 1.36. The van der Waals surface area contributed by atoms with Crippen molar-refractivity contribution >= 4 is 11.6 Å². The zero-order valence-electron chi connectivity index (χ0n) is 8.34. The van der Waals surface area contributed by atoms with Crippen LogP contribution >= 0.6 is 11.6 Å². The summed E-state index contributed by atoms with van der Waals surface area (Å²) in [6.45, 7) is 7.51. The van der Waals surface area contributed by atoms with Gasteiger partial charge >= 0.3 is 0 Å². The molecule has 0 saturated carbocycles. The minimum absolute atomic E-state index is 0.439. The van der Waals surface area contributed by atoms with E-state index < -0.39 is 0 Å². The maximum absolute atomic E-state index is 6.01. The summed E-state index contributed by atoms with van der Waals surface area (Å²) in [4.78, 5) is 0. The zero-order valence-corrected chi connectivity index (χ0v) is 9.10. The van der Waals surface area contributed by atoms with Crippen molar-refractivity contribution < 1.29 is 0 Å². The van der Waals surface area contributed by atoms with Crippen molar-refractivity contribution in [3.8, 4) is 0 Å². The number of rotatable bonds is 3. The van der Waals surface area contributed by atoms with Gasteiger partial charge in [0.2, 0.25) is 0 Å². The Kier molecular flexibility index (Phi) is 3.33. The van der Waals surface area contributed by atoms with Crippen LogP contribution in [-0.2, 0) is 6.54 Å². The lowest BCUT2D eigenvalue weighted by molar-refractivity contribution is 0.450. The number of aryl methyl sites for hydroxylation is 1. The minimum atomic E-state index is 0.439. The van der Waals surface area contributed by atoms with E-state index in [1.54, 1.807) is 0 Å². The van der Waals surface area contributed by atoms with Crippen molar-refractivity contribution in [3.05, 3.63) is 16.4 Å². The van der Waals surface area contributed by atoms with Crippen LogP contribution in [0.3, 0.4) is 0 Å². The molecular weight excluding hydrogens is 186 g/mol. The number of nitrogens with zero attached hydrogens (tertiary/aromatic N) is 2. The molecule has 13 heavy (non-hydrogen) atoms. The zero-order chi connectivity index (χ0) is 10.0. The van der Waals surface area contributed by atoms with E-state index in [1.807, 2.05) is 18.5 Å². The van der Waals surface area contributed by atoms with E-state index in [4.69, 9.17) is 17.3 Å². The van der Waals surface area contributed by atoms with Gasteiger partial charge in [-0.3, -0.25) is 4.68 Å². The molecule has 0 radical (unpaired) electrons. The minimum Gasteiger partial charge on any atom is -0.330 e. The molecule has 3 nitrogen and oxygen atoms in total. The SMILES string of the molecule is Cc1nn(CC(C)CN)c(C)c1Cl. The van der Waals surface area contributed by atoms with Crippen LogP contribution < -0.4 is 5.73 Å². The molecule has 0 bridgehead atoms. The molecule has 1 aromatic heterocycles. The Morgan fingerprint density at radius 3 is 2.54 bits per heavy atom. The van der Waals surface area contributed by atoms with Crippen molar-refractivity contribution in [2.45, 2.75) is 27.3 Å². The summed E-state index contributed by atoms with van der Waals surface area (Å²) in [6.07, 6.45) is 0. The van der Waals surface area contributed by atoms with Gasteiger partial charge in [-0.15, -0.1) is 0 Å². The first kappa shape index (κ1) is 10.5. The largest absolute Gasteiger partial charge is 0.330 e. The Morgan fingerprint density at radius 2 is 2.15 bits per heavy atom. The van der Waals surface area contributed by atoms with Gasteiger partial charge in [0.05, 0.1) is 16.4 Å². The van der Waals surface area contributed by atoms with Crippen LogP contribution in [0.5, 0.6) is 0 Å². The third kappa shape index (κ3) is 2.23. The molecule has 0 amide bonds. The molecule has 0 fully saturated rings. The van der Waals surface area contributed by atoms with Crippen LogP contribution in [0.2, 0.25) is 5.02 Å². The lowest BCUT2D eigenvalue weighted by Crippen LogP contribution is -2.18. The second kappa shape index (κ2) is 4.11. The Hall–Kier alpha value is -0.540. The predicted octanol–water partition coefficient (Wildman–Crippen LogP) is 1.75. The molecule has 1 atom stereocenters. The first-order valence-electron chi connectivity index (χ1n) is 4.45. The molecule has 0 saturated heterocycles.